The maximum absolute atomic E-state index is 12.3. The molecule has 0 unspecified atom stereocenters. The van der Waals surface area contributed by atoms with Crippen LogP contribution < -0.4 is 4.90 Å². The van der Waals surface area contributed by atoms with Gasteiger partial charge in [0, 0.05) is 13.2 Å². The molecule has 0 aliphatic heterocycles. The maximum atomic E-state index is 12.3. The van der Waals surface area contributed by atoms with Gasteiger partial charge in [-0.05, 0) is 24.3 Å². The molecule has 0 atom stereocenters. The number of carboxylic acid groups (broad SMARTS) is 1. The Balaban J connectivity index is 2.31. The Morgan fingerprint density at radius 1 is 1.24 bits per heavy atom. The van der Waals surface area contributed by atoms with Gasteiger partial charge in [-0.2, -0.15) is 5.26 Å². The van der Waals surface area contributed by atoms with Gasteiger partial charge in [0.1, 0.15) is 11.8 Å². The minimum Gasteiger partial charge on any atom is -0.478 e. The highest BCUT2D eigenvalue weighted by Gasteiger charge is 2.17. The predicted molar refractivity (Wildman–Crippen MR) is 75.1 cm³/mol. The number of rotatable bonds is 3. The summed E-state index contributed by atoms with van der Waals surface area (Å²) in [5, 5.41) is 17.8. The van der Waals surface area contributed by atoms with E-state index in [1.54, 1.807) is 24.3 Å². The van der Waals surface area contributed by atoms with Crippen LogP contribution in [0, 0.1) is 11.3 Å². The summed E-state index contributed by atoms with van der Waals surface area (Å²) >= 11 is 0. The van der Waals surface area contributed by atoms with E-state index in [1.165, 1.54) is 24.1 Å². The number of nitriles is 1. The first kappa shape index (κ1) is 14.2. The Hall–Kier alpha value is -3.20. The molecule has 104 valence electrons. The zero-order chi connectivity index (χ0) is 15.4. The third-order valence-electron chi connectivity index (χ3n) is 2.92. The van der Waals surface area contributed by atoms with Crippen LogP contribution in [-0.2, 0) is 0 Å². The van der Waals surface area contributed by atoms with Crippen molar-refractivity contribution in [2.75, 3.05) is 11.9 Å². The molecule has 1 N–H and O–H groups in total. The van der Waals surface area contributed by atoms with E-state index in [-0.39, 0.29) is 11.3 Å². The molecule has 2 rings (SSSR count). The van der Waals surface area contributed by atoms with Gasteiger partial charge in [0.2, 0.25) is 0 Å². The Morgan fingerprint density at radius 2 is 1.95 bits per heavy atom. The summed E-state index contributed by atoms with van der Waals surface area (Å²) < 4.78 is 0. The van der Waals surface area contributed by atoms with Crippen molar-refractivity contribution in [2.24, 2.45) is 0 Å². The summed E-state index contributed by atoms with van der Waals surface area (Å²) in [6.07, 6.45) is 1.12. The Bertz CT molecular complexity index is 733. The predicted octanol–water partition coefficient (Wildman–Crippen LogP) is 1.93. The quantitative estimate of drug-likeness (QED) is 0.927. The smallest absolute Gasteiger partial charge is 0.337 e. The topological polar surface area (TPSA) is 94.3 Å². The summed E-state index contributed by atoms with van der Waals surface area (Å²) in [6.45, 7) is 0. The number of carboxylic acids is 1. The third-order valence-corrected chi connectivity index (χ3v) is 2.92. The minimum absolute atomic E-state index is 0.00614. The summed E-state index contributed by atoms with van der Waals surface area (Å²) in [6, 6.07) is 11.4. The van der Waals surface area contributed by atoms with Crippen LogP contribution >= 0.6 is 0 Å². The second kappa shape index (κ2) is 5.84. The number of nitrogens with zero attached hydrogens (tertiary/aromatic N) is 3. The monoisotopic (exact) mass is 281 g/mol. The van der Waals surface area contributed by atoms with Crippen LogP contribution in [0.5, 0.6) is 0 Å². The number of aromatic nitrogens is 1. The highest BCUT2D eigenvalue weighted by molar-refractivity contribution is 6.05. The van der Waals surface area contributed by atoms with Gasteiger partial charge in [-0.3, -0.25) is 9.78 Å². The van der Waals surface area contributed by atoms with Crippen molar-refractivity contribution in [1.29, 1.82) is 5.26 Å². The van der Waals surface area contributed by atoms with Crippen molar-refractivity contribution in [3.8, 4) is 6.07 Å². The van der Waals surface area contributed by atoms with Crippen LogP contribution in [0.2, 0.25) is 0 Å². The van der Waals surface area contributed by atoms with E-state index in [1.807, 2.05) is 6.07 Å². The second-order valence-electron chi connectivity index (χ2n) is 4.23. The van der Waals surface area contributed by atoms with E-state index in [2.05, 4.69) is 4.98 Å². The van der Waals surface area contributed by atoms with Gasteiger partial charge < -0.3 is 10.0 Å². The second-order valence-corrected chi connectivity index (χ2v) is 4.23. The summed E-state index contributed by atoms with van der Waals surface area (Å²) in [4.78, 5) is 28.2. The first-order valence-electron chi connectivity index (χ1n) is 6.01. The lowest BCUT2D eigenvalue weighted by Gasteiger charge is -2.18. The van der Waals surface area contributed by atoms with Crippen molar-refractivity contribution in [3.63, 3.8) is 0 Å². The van der Waals surface area contributed by atoms with E-state index in [9.17, 15) is 9.59 Å². The van der Waals surface area contributed by atoms with Gasteiger partial charge in [-0.15, -0.1) is 0 Å². The number of hydrogen-bond donors (Lipinski definition) is 1. The standard InChI is InChI=1S/C15H11N3O3/c1-18(13-5-3-2-4-10(13)8-16)14(19)12-7-6-11(9-17-12)15(20)21/h2-7,9H,1H3,(H,20,21). The lowest BCUT2D eigenvalue weighted by molar-refractivity contribution is 0.0695. The Morgan fingerprint density at radius 3 is 2.52 bits per heavy atom. The number of hydrogen-bond acceptors (Lipinski definition) is 4. The number of carbonyl (C=O) groups is 2. The summed E-state index contributed by atoms with van der Waals surface area (Å²) in [5.74, 6) is -1.53. The maximum Gasteiger partial charge on any atom is 0.337 e. The van der Waals surface area contributed by atoms with Gasteiger partial charge in [0.05, 0.1) is 16.8 Å². The van der Waals surface area contributed by atoms with Gasteiger partial charge in [0.25, 0.3) is 5.91 Å². The number of amides is 1. The normalized spacial score (nSPS) is 9.71. The zero-order valence-electron chi connectivity index (χ0n) is 11.1. The number of anilines is 1. The molecule has 0 saturated carbocycles. The molecule has 1 aromatic carbocycles. The molecule has 0 saturated heterocycles. The fourth-order valence-corrected chi connectivity index (χ4v) is 1.79. The highest BCUT2D eigenvalue weighted by atomic mass is 16.4. The molecule has 0 radical (unpaired) electrons. The van der Waals surface area contributed by atoms with Gasteiger partial charge >= 0.3 is 5.97 Å². The van der Waals surface area contributed by atoms with Crippen LogP contribution in [0.1, 0.15) is 26.4 Å². The number of pyridine rings is 1. The molecule has 0 fully saturated rings. The zero-order valence-corrected chi connectivity index (χ0v) is 11.1. The lowest BCUT2D eigenvalue weighted by Crippen LogP contribution is -2.27. The molecule has 21 heavy (non-hydrogen) atoms. The molecule has 1 heterocycles. The molecule has 0 aliphatic carbocycles. The number of aromatic carboxylic acids is 1. The molecule has 6 nitrogen and oxygen atoms in total. The molecule has 0 spiro atoms. The highest BCUT2D eigenvalue weighted by Crippen LogP contribution is 2.19. The first-order valence-corrected chi connectivity index (χ1v) is 6.01. The molecule has 6 heteroatoms. The molecule has 2 aromatic rings. The van der Waals surface area contributed by atoms with Gasteiger partial charge in [-0.1, -0.05) is 12.1 Å². The van der Waals surface area contributed by atoms with Crippen molar-refractivity contribution in [2.45, 2.75) is 0 Å². The molecule has 0 bridgehead atoms. The van der Waals surface area contributed by atoms with E-state index in [0.717, 1.165) is 6.20 Å². The Labute approximate surface area is 120 Å². The van der Waals surface area contributed by atoms with E-state index >= 15 is 0 Å². The summed E-state index contributed by atoms with van der Waals surface area (Å²) in [5.41, 5.74) is 0.950. The van der Waals surface area contributed by atoms with Crippen LogP contribution in [0.3, 0.4) is 0 Å². The first-order chi connectivity index (χ1) is 10.0. The van der Waals surface area contributed by atoms with Crippen molar-refractivity contribution in [1.82, 2.24) is 4.98 Å². The summed E-state index contributed by atoms with van der Waals surface area (Å²) in [7, 11) is 1.53. The van der Waals surface area contributed by atoms with E-state index < -0.39 is 11.9 Å². The molecule has 0 aliphatic rings. The largest absolute Gasteiger partial charge is 0.478 e. The number of carbonyl (C=O) groups excluding carboxylic acids is 1. The number of benzene rings is 1. The SMILES string of the molecule is CN(C(=O)c1ccc(C(=O)O)cn1)c1ccccc1C#N. The van der Waals surface area contributed by atoms with Gasteiger partial charge in [0.15, 0.2) is 0 Å². The molecular weight excluding hydrogens is 270 g/mol. The average Bonchev–Trinajstić information content (AvgIpc) is 2.53. The molecule has 1 amide bonds. The van der Waals surface area contributed by atoms with Crippen molar-refractivity contribution in [3.05, 3.63) is 59.4 Å². The van der Waals surface area contributed by atoms with Crippen molar-refractivity contribution < 1.29 is 14.7 Å². The van der Waals surface area contributed by atoms with Crippen LogP contribution in [0.4, 0.5) is 5.69 Å². The average molecular weight is 281 g/mol. The molecule has 1 aromatic heterocycles. The minimum atomic E-state index is -1.11. The van der Waals surface area contributed by atoms with Crippen LogP contribution in [-0.4, -0.2) is 29.0 Å². The van der Waals surface area contributed by atoms with Crippen molar-refractivity contribution >= 4 is 17.6 Å². The number of para-hydroxylation sites is 1. The third kappa shape index (κ3) is 2.87. The molecular formula is C15H11N3O3. The van der Waals surface area contributed by atoms with Crippen LogP contribution in [0.15, 0.2) is 42.6 Å². The van der Waals surface area contributed by atoms with E-state index in [0.29, 0.717) is 11.3 Å². The van der Waals surface area contributed by atoms with Crippen LogP contribution in [0.25, 0.3) is 0 Å². The fraction of sp³-hybridized carbons (Fsp3) is 0.0667. The Kier molecular flexibility index (Phi) is 3.95. The fourth-order valence-electron chi connectivity index (χ4n) is 1.79. The van der Waals surface area contributed by atoms with E-state index in [4.69, 9.17) is 10.4 Å². The lowest BCUT2D eigenvalue weighted by atomic mass is 10.1. The van der Waals surface area contributed by atoms with Gasteiger partial charge in [-0.25, -0.2) is 4.79 Å².